The number of aliphatic carboxylic acids is 1. The maximum absolute atomic E-state index is 12.4. The molecule has 0 radical (unpaired) electrons. The van der Waals surface area contributed by atoms with Crippen LogP contribution in [0.2, 0.25) is 0 Å². The number of benzene rings is 2. The van der Waals surface area contributed by atoms with Gasteiger partial charge in [0.25, 0.3) is 5.91 Å². The SMILES string of the molecule is COc1cc(C=C2SC(=S)N(CC(=O)O)C2=O)ccc1OCc1ccccc1C. The molecular weight excluding hydrogens is 410 g/mol. The van der Waals surface area contributed by atoms with Gasteiger partial charge in [-0.2, -0.15) is 0 Å². The summed E-state index contributed by atoms with van der Waals surface area (Å²) in [5.74, 6) is -0.403. The molecule has 1 aliphatic heterocycles. The van der Waals surface area contributed by atoms with Crippen molar-refractivity contribution in [3.63, 3.8) is 0 Å². The van der Waals surface area contributed by atoms with Crippen molar-refractivity contribution in [1.82, 2.24) is 4.90 Å². The number of nitrogens with zero attached hydrogens (tertiary/aromatic N) is 1. The lowest BCUT2D eigenvalue weighted by Gasteiger charge is -2.13. The van der Waals surface area contributed by atoms with Gasteiger partial charge >= 0.3 is 5.97 Å². The van der Waals surface area contributed by atoms with Gasteiger partial charge in [-0.15, -0.1) is 0 Å². The van der Waals surface area contributed by atoms with Crippen LogP contribution in [0.25, 0.3) is 6.08 Å². The van der Waals surface area contributed by atoms with Crippen molar-refractivity contribution in [2.24, 2.45) is 0 Å². The summed E-state index contributed by atoms with van der Waals surface area (Å²) in [6.45, 7) is 1.99. The minimum atomic E-state index is -1.11. The number of ether oxygens (including phenoxy) is 2. The third-order valence-corrected chi connectivity index (χ3v) is 5.67. The van der Waals surface area contributed by atoms with E-state index < -0.39 is 18.4 Å². The maximum Gasteiger partial charge on any atom is 0.323 e. The van der Waals surface area contributed by atoms with Gasteiger partial charge in [0.15, 0.2) is 11.5 Å². The lowest BCUT2D eigenvalue weighted by molar-refractivity contribution is -0.140. The summed E-state index contributed by atoms with van der Waals surface area (Å²) in [5, 5.41) is 8.92. The van der Waals surface area contributed by atoms with Crippen molar-refractivity contribution in [2.45, 2.75) is 13.5 Å². The number of aryl methyl sites for hydroxylation is 1. The fraction of sp³-hybridized carbons (Fsp3) is 0.190. The number of carbonyl (C=O) groups is 2. The average Bonchev–Trinajstić information content (AvgIpc) is 2.95. The third kappa shape index (κ3) is 4.96. The number of carboxylic acid groups (broad SMARTS) is 1. The molecule has 0 aromatic heterocycles. The Hall–Kier alpha value is -2.84. The normalized spacial score (nSPS) is 15.1. The Morgan fingerprint density at radius 1 is 1.24 bits per heavy atom. The second-order valence-electron chi connectivity index (χ2n) is 6.29. The van der Waals surface area contributed by atoms with Gasteiger partial charge in [-0.25, -0.2) is 0 Å². The summed E-state index contributed by atoms with van der Waals surface area (Å²) in [4.78, 5) is 24.7. The molecule has 1 fully saturated rings. The van der Waals surface area contributed by atoms with Gasteiger partial charge in [0.1, 0.15) is 17.5 Å². The molecule has 29 heavy (non-hydrogen) atoms. The number of methoxy groups -OCH3 is 1. The monoisotopic (exact) mass is 429 g/mol. The maximum atomic E-state index is 12.4. The first-order valence-electron chi connectivity index (χ1n) is 8.71. The van der Waals surface area contributed by atoms with E-state index in [-0.39, 0.29) is 4.32 Å². The lowest BCUT2D eigenvalue weighted by atomic mass is 10.1. The minimum absolute atomic E-state index is 0.230. The number of amides is 1. The molecule has 0 aliphatic carbocycles. The van der Waals surface area contributed by atoms with Gasteiger partial charge in [-0.05, 0) is 41.8 Å². The Bertz CT molecular complexity index is 1000. The molecule has 0 unspecified atom stereocenters. The molecule has 0 atom stereocenters. The highest BCUT2D eigenvalue weighted by atomic mass is 32.2. The van der Waals surface area contributed by atoms with Gasteiger partial charge in [0, 0.05) is 0 Å². The zero-order valence-corrected chi connectivity index (χ0v) is 17.5. The van der Waals surface area contributed by atoms with Crippen LogP contribution in [0.4, 0.5) is 0 Å². The van der Waals surface area contributed by atoms with Gasteiger partial charge < -0.3 is 14.6 Å². The molecule has 1 aliphatic rings. The molecule has 1 saturated heterocycles. The Balaban J connectivity index is 1.77. The van der Waals surface area contributed by atoms with E-state index in [1.165, 1.54) is 0 Å². The van der Waals surface area contributed by atoms with E-state index in [9.17, 15) is 9.59 Å². The molecular formula is C21H19NO5S2. The molecule has 2 aromatic carbocycles. The van der Waals surface area contributed by atoms with Crippen LogP contribution in [-0.2, 0) is 16.2 Å². The quantitative estimate of drug-likeness (QED) is 0.529. The van der Waals surface area contributed by atoms with Crippen molar-refractivity contribution in [1.29, 1.82) is 0 Å². The molecule has 3 rings (SSSR count). The number of carboxylic acids is 1. The van der Waals surface area contributed by atoms with E-state index in [0.29, 0.717) is 23.0 Å². The topological polar surface area (TPSA) is 76.1 Å². The molecule has 0 saturated carbocycles. The predicted octanol–water partition coefficient (Wildman–Crippen LogP) is 3.87. The largest absolute Gasteiger partial charge is 0.493 e. The van der Waals surface area contributed by atoms with Crippen molar-refractivity contribution in [2.75, 3.05) is 13.7 Å². The zero-order valence-electron chi connectivity index (χ0n) is 15.9. The van der Waals surface area contributed by atoms with Crippen molar-refractivity contribution in [3.8, 4) is 11.5 Å². The highest BCUT2D eigenvalue weighted by Gasteiger charge is 2.33. The first-order chi connectivity index (χ1) is 13.9. The van der Waals surface area contributed by atoms with E-state index in [2.05, 4.69) is 0 Å². The summed E-state index contributed by atoms with van der Waals surface area (Å²) in [5.41, 5.74) is 2.95. The number of hydrogen-bond donors (Lipinski definition) is 1. The van der Waals surface area contributed by atoms with Gasteiger partial charge in [0.05, 0.1) is 12.0 Å². The van der Waals surface area contributed by atoms with Crippen molar-refractivity contribution >= 4 is 46.3 Å². The van der Waals surface area contributed by atoms with Gasteiger partial charge in [-0.1, -0.05) is 54.3 Å². The molecule has 8 heteroatoms. The molecule has 2 aromatic rings. The number of thioether (sulfide) groups is 1. The van der Waals surface area contributed by atoms with Crippen LogP contribution < -0.4 is 9.47 Å². The summed E-state index contributed by atoms with van der Waals surface area (Å²) in [7, 11) is 1.55. The summed E-state index contributed by atoms with van der Waals surface area (Å²) < 4.78 is 11.6. The van der Waals surface area contributed by atoms with Crippen molar-refractivity contribution < 1.29 is 24.2 Å². The van der Waals surface area contributed by atoms with Crippen LogP contribution in [0, 0.1) is 6.92 Å². The number of hydrogen-bond acceptors (Lipinski definition) is 6. The molecule has 1 heterocycles. The average molecular weight is 430 g/mol. The zero-order chi connectivity index (χ0) is 21.0. The first kappa shape index (κ1) is 20.9. The van der Waals surface area contributed by atoms with E-state index in [0.717, 1.165) is 33.4 Å². The van der Waals surface area contributed by atoms with Crippen LogP contribution in [0.1, 0.15) is 16.7 Å². The summed E-state index contributed by atoms with van der Waals surface area (Å²) >= 11 is 6.19. The fourth-order valence-electron chi connectivity index (χ4n) is 2.74. The van der Waals surface area contributed by atoms with Crippen LogP contribution in [0.3, 0.4) is 0 Å². The lowest BCUT2D eigenvalue weighted by Crippen LogP contribution is -2.33. The molecule has 1 amide bonds. The van der Waals surface area contributed by atoms with Crippen LogP contribution in [0.15, 0.2) is 47.4 Å². The Labute approximate surface area is 178 Å². The van der Waals surface area contributed by atoms with Gasteiger partial charge in [-0.3, -0.25) is 14.5 Å². The van der Waals surface area contributed by atoms with E-state index in [4.69, 9.17) is 26.8 Å². The Morgan fingerprint density at radius 2 is 2.00 bits per heavy atom. The molecule has 1 N–H and O–H groups in total. The highest BCUT2D eigenvalue weighted by molar-refractivity contribution is 8.26. The van der Waals surface area contributed by atoms with Crippen LogP contribution >= 0.6 is 24.0 Å². The Kier molecular flexibility index (Phi) is 6.56. The van der Waals surface area contributed by atoms with Crippen LogP contribution in [0.5, 0.6) is 11.5 Å². The first-order valence-corrected chi connectivity index (χ1v) is 9.94. The number of carbonyl (C=O) groups excluding carboxylic acids is 1. The number of rotatable bonds is 7. The predicted molar refractivity (Wildman–Crippen MR) is 116 cm³/mol. The second kappa shape index (κ2) is 9.11. The summed E-state index contributed by atoms with van der Waals surface area (Å²) in [6.07, 6.45) is 1.66. The molecule has 6 nitrogen and oxygen atoms in total. The van der Waals surface area contributed by atoms with Gasteiger partial charge in [0.2, 0.25) is 0 Å². The standard InChI is InChI=1S/C21H19NO5S2/c1-13-5-3-4-6-15(13)12-27-16-8-7-14(9-17(16)26-2)10-18-20(25)22(11-19(23)24)21(28)29-18/h3-10H,11-12H2,1-2H3,(H,23,24). The molecule has 0 bridgehead atoms. The minimum Gasteiger partial charge on any atom is -0.493 e. The third-order valence-electron chi connectivity index (χ3n) is 4.30. The second-order valence-corrected chi connectivity index (χ2v) is 7.96. The highest BCUT2D eigenvalue weighted by Crippen LogP contribution is 2.35. The number of thiocarbonyl (C=S) groups is 1. The molecule has 0 spiro atoms. The molecule has 150 valence electrons. The smallest absolute Gasteiger partial charge is 0.323 e. The fourth-order valence-corrected chi connectivity index (χ4v) is 4.00. The summed E-state index contributed by atoms with van der Waals surface area (Å²) in [6, 6.07) is 13.3. The van der Waals surface area contributed by atoms with Crippen LogP contribution in [-0.4, -0.2) is 39.9 Å². The Morgan fingerprint density at radius 3 is 2.69 bits per heavy atom. The van der Waals surface area contributed by atoms with E-state index >= 15 is 0 Å². The van der Waals surface area contributed by atoms with E-state index in [1.54, 1.807) is 31.4 Å². The van der Waals surface area contributed by atoms with Crippen molar-refractivity contribution in [3.05, 3.63) is 64.1 Å². The van der Waals surface area contributed by atoms with E-state index in [1.807, 2.05) is 31.2 Å².